The van der Waals surface area contributed by atoms with Gasteiger partial charge in [0.1, 0.15) is 11.3 Å². The van der Waals surface area contributed by atoms with Gasteiger partial charge in [-0.25, -0.2) is 0 Å². The summed E-state index contributed by atoms with van der Waals surface area (Å²) in [6, 6.07) is 8.16. The maximum Gasteiger partial charge on any atom is 0.134 e. The van der Waals surface area contributed by atoms with Crippen LogP contribution in [0.25, 0.3) is 11.0 Å². The van der Waals surface area contributed by atoms with Crippen molar-refractivity contribution in [2.45, 2.75) is 39.2 Å². The van der Waals surface area contributed by atoms with Crippen LogP contribution in [0.5, 0.6) is 0 Å². The first-order valence-electron chi connectivity index (χ1n) is 5.73. The number of hydrogen-bond donors (Lipinski definition) is 1. The molecule has 0 bridgehead atoms. The minimum absolute atomic E-state index is 0.134. The average molecular weight is 217 g/mol. The Morgan fingerprint density at radius 3 is 2.56 bits per heavy atom. The largest absolute Gasteiger partial charge is 0.461 e. The molecule has 2 nitrogen and oxygen atoms in total. The lowest BCUT2D eigenvalue weighted by molar-refractivity contribution is 0.442. The minimum Gasteiger partial charge on any atom is -0.461 e. The van der Waals surface area contributed by atoms with Crippen molar-refractivity contribution in [1.29, 1.82) is 0 Å². The molecule has 2 rings (SSSR count). The first-order valence-corrected chi connectivity index (χ1v) is 5.73. The van der Waals surface area contributed by atoms with E-state index in [2.05, 4.69) is 13.0 Å². The summed E-state index contributed by atoms with van der Waals surface area (Å²) in [6.45, 7) is 6.21. The summed E-state index contributed by atoms with van der Waals surface area (Å²) in [5.41, 5.74) is 8.08. The molecule has 86 valence electrons. The molecule has 1 heterocycles. The molecule has 0 atom stereocenters. The van der Waals surface area contributed by atoms with Crippen LogP contribution in [0.4, 0.5) is 0 Å². The summed E-state index contributed by atoms with van der Waals surface area (Å²) in [4.78, 5) is 0. The lowest BCUT2D eigenvalue weighted by Gasteiger charge is -2.17. The predicted molar refractivity (Wildman–Crippen MR) is 67.5 cm³/mol. The van der Waals surface area contributed by atoms with Gasteiger partial charge in [-0.2, -0.15) is 0 Å². The van der Waals surface area contributed by atoms with E-state index >= 15 is 0 Å². The molecule has 1 aromatic carbocycles. The third-order valence-electron chi connectivity index (χ3n) is 2.94. The number of furan rings is 1. The molecule has 0 fully saturated rings. The maximum absolute atomic E-state index is 5.99. The van der Waals surface area contributed by atoms with Crippen LogP contribution in [-0.2, 0) is 6.42 Å². The molecule has 0 radical (unpaired) electrons. The highest BCUT2D eigenvalue weighted by atomic mass is 16.3. The summed E-state index contributed by atoms with van der Waals surface area (Å²) < 4.78 is 5.84. The molecule has 0 aliphatic carbocycles. The number of benzene rings is 1. The lowest BCUT2D eigenvalue weighted by Crippen LogP contribution is -2.32. The Bertz CT molecular complexity index is 491. The second-order valence-corrected chi connectivity index (χ2v) is 5.13. The summed E-state index contributed by atoms with van der Waals surface area (Å²) in [5, 5.41) is 1.22. The number of hydrogen-bond acceptors (Lipinski definition) is 2. The SMILES string of the molecule is Cc1c(CCC(C)(C)N)oc2ccccc12. The van der Waals surface area contributed by atoms with Crippen LogP contribution in [0.15, 0.2) is 28.7 Å². The van der Waals surface area contributed by atoms with Crippen molar-refractivity contribution in [3.8, 4) is 0 Å². The van der Waals surface area contributed by atoms with Gasteiger partial charge < -0.3 is 10.2 Å². The molecule has 16 heavy (non-hydrogen) atoms. The van der Waals surface area contributed by atoms with E-state index in [1.165, 1.54) is 10.9 Å². The van der Waals surface area contributed by atoms with Gasteiger partial charge in [-0.05, 0) is 38.8 Å². The molecule has 0 saturated heterocycles. The minimum atomic E-state index is -0.134. The number of nitrogens with two attached hydrogens (primary N) is 1. The zero-order valence-electron chi connectivity index (χ0n) is 10.2. The van der Waals surface area contributed by atoms with Crippen LogP contribution in [0.3, 0.4) is 0 Å². The predicted octanol–water partition coefficient (Wildman–Crippen LogP) is 3.41. The first kappa shape index (κ1) is 11.2. The molecule has 0 unspecified atom stereocenters. The summed E-state index contributed by atoms with van der Waals surface area (Å²) in [5.74, 6) is 1.07. The van der Waals surface area contributed by atoms with Crippen LogP contribution in [-0.4, -0.2) is 5.54 Å². The summed E-state index contributed by atoms with van der Waals surface area (Å²) in [6.07, 6.45) is 1.84. The summed E-state index contributed by atoms with van der Waals surface area (Å²) in [7, 11) is 0. The fourth-order valence-corrected chi connectivity index (χ4v) is 1.90. The van der Waals surface area contributed by atoms with E-state index in [-0.39, 0.29) is 5.54 Å². The molecular formula is C14H19NO. The van der Waals surface area contributed by atoms with Gasteiger partial charge in [0.15, 0.2) is 0 Å². The van der Waals surface area contributed by atoms with Gasteiger partial charge in [-0.1, -0.05) is 18.2 Å². The van der Waals surface area contributed by atoms with Crippen molar-refractivity contribution < 1.29 is 4.42 Å². The molecule has 2 heteroatoms. The van der Waals surface area contributed by atoms with Gasteiger partial charge in [-0.3, -0.25) is 0 Å². The summed E-state index contributed by atoms with van der Waals surface area (Å²) >= 11 is 0. The van der Waals surface area contributed by atoms with Gasteiger partial charge in [0.2, 0.25) is 0 Å². The van der Waals surface area contributed by atoms with E-state index in [0.717, 1.165) is 24.2 Å². The van der Waals surface area contributed by atoms with Crippen LogP contribution in [0.2, 0.25) is 0 Å². The number of fused-ring (bicyclic) bond motifs is 1. The van der Waals surface area contributed by atoms with Crippen molar-refractivity contribution in [3.05, 3.63) is 35.6 Å². The Morgan fingerprint density at radius 1 is 1.25 bits per heavy atom. The van der Waals surface area contributed by atoms with Gasteiger partial charge in [0.25, 0.3) is 0 Å². The molecule has 0 amide bonds. The number of para-hydroxylation sites is 1. The van der Waals surface area contributed by atoms with E-state index in [4.69, 9.17) is 10.2 Å². The average Bonchev–Trinajstić information content (AvgIpc) is 2.53. The molecule has 0 spiro atoms. The second-order valence-electron chi connectivity index (χ2n) is 5.13. The van der Waals surface area contributed by atoms with E-state index in [9.17, 15) is 0 Å². The van der Waals surface area contributed by atoms with Crippen molar-refractivity contribution >= 4 is 11.0 Å². The topological polar surface area (TPSA) is 39.2 Å². The van der Waals surface area contributed by atoms with Crippen LogP contribution < -0.4 is 5.73 Å². The van der Waals surface area contributed by atoms with Gasteiger partial charge >= 0.3 is 0 Å². The fraction of sp³-hybridized carbons (Fsp3) is 0.429. The fourth-order valence-electron chi connectivity index (χ4n) is 1.90. The molecule has 0 aliphatic rings. The van der Waals surface area contributed by atoms with Crippen molar-refractivity contribution in [1.82, 2.24) is 0 Å². The third kappa shape index (κ3) is 2.27. The molecule has 0 saturated carbocycles. The van der Waals surface area contributed by atoms with Crippen LogP contribution in [0.1, 0.15) is 31.6 Å². The monoisotopic (exact) mass is 217 g/mol. The van der Waals surface area contributed by atoms with E-state index in [1.54, 1.807) is 0 Å². The van der Waals surface area contributed by atoms with E-state index in [1.807, 2.05) is 32.0 Å². The standard InChI is InChI=1S/C14H19NO/c1-10-11-6-4-5-7-13(11)16-12(10)8-9-14(2,3)15/h4-7H,8-9,15H2,1-3H3. The smallest absolute Gasteiger partial charge is 0.134 e. The Balaban J connectivity index is 2.28. The highest BCUT2D eigenvalue weighted by molar-refractivity contribution is 5.81. The molecule has 2 aromatic rings. The zero-order valence-corrected chi connectivity index (χ0v) is 10.2. The normalized spacial score (nSPS) is 12.2. The Labute approximate surface area is 96.4 Å². The Kier molecular flexibility index (Phi) is 2.76. The Morgan fingerprint density at radius 2 is 1.94 bits per heavy atom. The van der Waals surface area contributed by atoms with E-state index in [0.29, 0.717) is 0 Å². The van der Waals surface area contributed by atoms with Crippen LogP contribution in [0, 0.1) is 6.92 Å². The quantitative estimate of drug-likeness (QED) is 0.855. The third-order valence-corrected chi connectivity index (χ3v) is 2.94. The molecule has 2 N–H and O–H groups in total. The van der Waals surface area contributed by atoms with E-state index < -0.39 is 0 Å². The molecule has 1 aromatic heterocycles. The van der Waals surface area contributed by atoms with Gasteiger partial charge in [0.05, 0.1) is 0 Å². The number of aryl methyl sites for hydroxylation is 2. The first-order chi connectivity index (χ1) is 7.47. The van der Waals surface area contributed by atoms with Crippen molar-refractivity contribution in [3.63, 3.8) is 0 Å². The highest BCUT2D eigenvalue weighted by Gasteiger charge is 2.15. The lowest BCUT2D eigenvalue weighted by atomic mass is 9.98. The molecular weight excluding hydrogens is 198 g/mol. The second kappa shape index (κ2) is 3.95. The maximum atomic E-state index is 5.99. The van der Waals surface area contributed by atoms with Crippen molar-refractivity contribution in [2.75, 3.05) is 0 Å². The van der Waals surface area contributed by atoms with Gasteiger partial charge in [0, 0.05) is 17.3 Å². The zero-order chi connectivity index (χ0) is 11.8. The number of rotatable bonds is 3. The van der Waals surface area contributed by atoms with Crippen LogP contribution >= 0.6 is 0 Å². The Hall–Kier alpha value is -1.28. The van der Waals surface area contributed by atoms with Gasteiger partial charge in [-0.15, -0.1) is 0 Å². The molecule has 0 aliphatic heterocycles. The van der Waals surface area contributed by atoms with Crippen molar-refractivity contribution in [2.24, 2.45) is 5.73 Å². The highest BCUT2D eigenvalue weighted by Crippen LogP contribution is 2.26.